The Bertz CT molecular complexity index is 1120. The number of aromatic amines is 1. The molecule has 0 atom stereocenters. The van der Waals surface area contributed by atoms with Gasteiger partial charge in [-0.3, -0.25) is 9.48 Å². The van der Waals surface area contributed by atoms with Gasteiger partial charge in [0.25, 0.3) is 0 Å². The number of aryl methyl sites for hydroxylation is 2. The predicted octanol–water partition coefficient (Wildman–Crippen LogP) is 4.15. The van der Waals surface area contributed by atoms with Crippen LogP contribution in [0.1, 0.15) is 23.4 Å². The first-order valence-corrected chi connectivity index (χ1v) is 9.36. The molecule has 6 heteroatoms. The van der Waals surface area contributed by atoms with Crippen molar-refractivity contribution in [2.45, 2.75) is 26.7 Å². The Labute approximate surface area is 163 Å². The van der Waals surface area contributed by atoms with Crippen LogP contribution in [-0.4, -0.2) is 25.7 Å². The second-order valence-electron chi connectivity index (χ2n) is 6.97. The largest absolute Gasteiger partial charge is 0.338 e. The number of amides is 1. The Balaban J connectivity index is 1.53. The Morgan fingerprint density at radius 1 is 1.11 bits per heavy atom. The summed E-state index contributed by atoms with van der Waals surface area (Å²) in [5.74, 6) is 0.724. The topological polar surface area (TPSA) is 75.6 Å². The number of anilines is 1. The first kappa shape index (κ1) is 18.0. The predicted molar refractivity (Wildman–Crippen MR) is 111 cm³/mol. The minimum atomic E-state index is -0.0220. The molecule has 4 aromatic rings. The number of H-pyrrole nitrogens is 1. The van der Waals surface area contributed by atoms with Gasteiger partial charge in [-0.05, 0) is 50.1 Å². The number of imidazole rings is 1. The van der Waals surface area contributed by atoms with Crippen LogP contribution >= 0.6 is 0 Å². The molecule has 28 heavy (non-hydrogen) atoms. The standard InChI is InChI=1S/C22H23N5O/c1-14-16(15(2)27(3)26-14)12-13-21(28)23-18-9-5-4-8-17(18)22-24-19-10-6-7-11-20(19)25-22/h4-11H,12-13H2,1-3H3,(H,23,28)(H,24,25). The fourth-order valence-corrected chi connectivity index (χ4v) is 3.51. The second-order valence-corrected chi connectivity index (χ2v) is 6.97. The summed E-state index contributed by atoms with van der Waals surface area (Å²) in [5.41, 5.74) is 6.74. The SMILES string of the molecule is Cc1nn(C)c(C)c1CCC(=O)Nc1ccccc1-c1nc2ccccc2[nH]1. The maximum absolute atomic E-state index is 12.6. The quantitative estimate of drug-likeness (QED) is 0.552. The van der Waals surface area contributed by atoms with E-state index in [4.69, 9.17) is 0 Å². The lowest BCUT2D eigenvalue weighted by atomic mass is 10.1. The average Bonchev–Trinajstić information content (AvgIpc) is 3.21. The van der Waals surface area contributed by atoms with E-state index in [1.54, 1.807) is 0 Å². The van der Waals surface area contributed by atoms with Crippen LogP contribution in [0.2, 0.25) is 0 Å². The molecule has 1 amide bonds. The van der Waals surface area contributed by atoms with Crippen LogP contribution in [0.4, 0.5) is 5.69 Å². The molecule has 4 rings (SSSR count). The van der Waals surface area contributed by atoms with E-state index >= 15 is 0 Å². The van der Waals surface area contributed by atoms with Crippen LogP contribution in [0.3, 0.4) is 0 Å². The fourth-order valence-electron chi connectivity index (χ4n) is 3.51. The lowest BCUT2D eigenvalue weighted by Gasteiger charge is -2.09. The molecule has 2 aromatic carbocycles. The third-order valence-corrected chi connectivity index (χ3v) is 5.11. The third kappa shape index (κ3) is 3.41. The Hall–Kier alpha value is -3.41. The zero-order chi connectivity index (χ0) is 19.7. The first-order valence-electron chi connectivity index (χ1n) is 9.36. The molecule has 0 saturated carbocycles. The van der Waals surface area contributed by atoms with Crippen molar-refractivity contribution < 1.29 is 4.79 Å². The summed E-state index contributed by atoms with van der Waals surface area (Å²) in [6.45, 7) is 4.02. The number of carbonyl (C=O) groups excluding carboxylic acids is 1. The van der Waals surface area contributed by atoms with E-state index in [9.17, 15) is 4.79 Å². The van der Waals surface area contributed by atoms with Crippen molar-refractivity contribution in [2.75, 3.05) is 5.32 Å². The number of benzene rings is 2. The van der Waals surface area contributed by atoms with Crippen molar-refractivity contribution in [3.05, 3.63) is 65.5 Å². The molecule has 142 valence electrons. The number of nitrogens with one attached hydrogen (secondary N) is 2. The molecule has 0 aliphatic heterocycles. The Morgan fingerprint density at radius 2 is 1.86 bits per heavy atom. The number of para-hydroxylation sites is 3. The molecule has 0 spiro atoms. The summed E-state index contributed by atoms with van der Waals surface area (Å²) in [4.78, 5) is 20.6. The van der Waals surface area contributed by atoms with Gasteiger partial charge in [0.15, 0.2) is 0 Å². The molecular formula is C22H23N5O. The number of aromatic nitrogens is 4. The van der Waals surface area contributed by atoms with Crippen molar-refractivity contribution in [1.29, 1.82) is 0 Å². The van der Waals surface area contributed by atoms with Gasteiger partial charge in [0, 0.05) is 24.7 Å². The van der Waals surface area contributed by atoms with Crippen LogP contribution in [0.15, 0.2) is 48.5 Å². The molecule has 2 aromatic heterocycles. The van der Waals surface area contributed by atoms with Crippen LogP contribution < -0.4 is 5.32 Å². The summed E-state index contributed by atoms with van der Waals surface area (Å²) in [5, 5.41) is 7.46. The van der Waals surface area contributed by atoms with E-state index in [0.717, 1.165) is 45.1 Å². The summed E-state index contributed by atoms with van der Waals surface area (Å²) in [6, 6.07) is 15.6. The lowest BCUT2D eigenvalue weighted by molar-refractivity contribution is -0.116. The van der Waals surface area contributed by atoms with Gasteiger partial charge < -0.3 is 10.3 Å². The molecule has 2 heterocycles. The summed E-state index contributed by atoms with van der Waals surface area (Å²) in [6.07, 6.45) is 1.08. The van der Waals surface area contributed by atoms with E-state index in [1.165, 1.54) is 0 Å². The monoisotopic (exact) mass is 373 g/mol. The molecule has 6 nitrogen and oxygen atoms in total. The summed E-state index contributed by atoms with van der Waals surface area (Å²) < 4.78 is 1.86. The fraction of sp³-hybridized carbons (Fsp3) is 0.227. The van der Waals surface area contributed by atoms with Gasteiger partial charge in [0.1, 0.15) is 5.82 Å². The number of nitrogens with zero attached hydrogens (tertiary/aromatic N) is 3. The van der Waals surface area contributed by atoms with Crippen LogP contribution in [-0.2, 0) is 18.3 Å². The normalized spacial score (nSPS) is 11.1. The van der Waals surface area contributed by atoms with E-state index in [0.29, 0.717) is 12.8 Å². The van der Waals surface area contributed by atoms with Crippen LogP contribution in [0, 0.1) is 13.8 Å². The molecule has 0 radical (unpaired) electrons. The number of fused-ring (bicyclic) bond motifs is 1. The highest BCUT2D eigenvalue weighted by Gasteiger charge is 2.14. The van der Waals surface area contributed by atoms with Gasteiger partial charge in [-0.15, -0.1) is 0 Å². The minimum Gasteiger partial charge on any atom is -0.338 e. The van der Waals surface area contributed by atoms with Gasteiger partial charge in [-0.2, -0.15) is 5.10 Å². The van der Waals surface area contributed by atoms with Gasteiger partial charge in [0.2, 0.25) is 5.91 Å². The van der Waals surface area contributed by atoms with Gasteiger partial charge in [-0.25, -0.2) is 4.98 Å². The maximum Gasteiger partial charge on any atom is 0.224 e. The molecule has 2 N–H and O–H groups in total. The van der Waals surface area contributed by atoms with Crippen LogP contribution in [0.5, 0.6) is 0 Å². The van der Waals surface area contributed by atoms with Crippen molar-refractivity contribution >= 4 is 22.6 Å². The molecule has 0 unspecified atom stereocenters. The van der Waals surface area contributed by atoms with Crippen LogP contribution in [0.25, 0.3) is 22.4 Å². The average molecular weight is 373 g/mol. The van der Waals surface area contributed by atoms with E-state index in [-0.39, 0.29) is 5.91 Å². The molecule has 0 fully saturated rings. The van der Waals surface area contributed by atoms with E-state index in [1.807, 2.05) is 74.1 Å². The highest BCUT2D eigenvalue weighted by Crippen LogP contribution is 2.27. The number of hydrogen-bond acceptors (Lipinski definition) is 3. The number of hydrogen-bond donors (Lipinski definition) is 2. The zero-order valence-corrected chi connectivity index (χ0v) is 16.3. The maximum atomic E-state index is 12.6. The molecule has 0 bridgehead atoms. The highest BCUT2D eigenvalue weighted by molar-refractivity contribution is 5.95. The van der Waals surface area contributed by atoms with Gasteiger partial charge in [0.05, 0.1) is 22.4 Å². The minimum absolute atomic E-state index is 0.0220. The van der Waals surface area contributed by atoms with Crippen molar-refractivity contribution in [2.24, 2.45) is 7.05 Å². The number of carbonyl (C=O) groups is 1. The summed E-state index contributed by atoms with van der Waals surface area (Å²) in [7, 11) is 1.93. The third-order valence-electron chi connectivity index (χ3n) is 5.11. The zero-order valence-electron chi connectivity index (χ0n) is 16.3. The molecule has 0 aliphatic rings. The molecular weight excluding hydrogens is 350 g/mol. The molecule has 0 saturated heterocycles. The Kier molecular flexibility index (Phi) is 4.69. The van der Waals surface area contributed by atoms with Crippen molar-refractivity contribution in [1.82, 2.24) is 19.7 Å². The van der Waals surface area contributed by atoms with Crippen molar-refractivity contribution in [3.8, 4) is 11.4 Å². The van der Waals surface area contributed by atoms with Gasteiger partial charge in [-0.1, -0.05) is 24.3 Å². The Morgan fingerprint density at radius 3 is 2.61 bits per heavy atom. The lowest BCUT2D eigenvalue weighted by Crippen LogP contribution is -2.13. The first-order chi connectivity index (χ1) is 13.5. The highest BCUT2D eigenvalue weighted by atomic mass is 16.1. The smallest absolute Gasteiger partial charge is 0.224 e. The molecule has 0 aliphatic carbocycles. The number of rotatable bonds is 5. The van der Waals surface area contributed by atoms with E-state index < -0.39 is 0 Å². The van der Waals surface area contributed by atoms with E-state index in [2.05, 4.69) is 20.4 Å². The summed E-state index contributed by atoms with van der Waals surface area (Å²) >= 11 is 0. The van der Waals surface area contributed by atoms with Crippen molar-refractivity contribution in [3.63, 3.8) is 0 Å². The van der Waals surface area contributed by atoms with Gasteiger partial charge >= 0.3 is 0 Å². The second kappa shape index (κ2) is 7.31.